The Hall–Kier alpha value is -1.63. The van der Waals surface area contributed by atoms with Gasteiger partial charge in [-0.15, -0.1) is 0 Å². The fourth-order valence-electron chi connectivity index (χ4n) is 2.34. The molecule has 1 aliphatic heterocycles. The molecule has 0 unspecified atom stereocenters. The van der Waals surface area contributed by atoms with Crippen molar-refractivity contribution in [2.45, 2.75) is 45.7 Å². The molecule has 0 aliphatic carbocycles. The SMILES string of the molecule is CCCn1nc(C)c([N+](=O)[O-])c1NC1CCOCC1. The quantitative estimate of drug-likeness (QED) is 0.653. The van der Waals surface area contributed by atoms with Crippen molar-refractivity contribution in [2.24, 2.45) is 0 Å². The zero-order valence-corrected chi connectivity index (χ0v) is 11.4. The van der Waals surface area contributed by atoms with Gasteiger partial charge in [0.2, 0.25) is 5.82 Å². The first kappa shape index (κ1) is 13.8. The molecule has 0 atom stereocenters. The fraction of sp³-hybridized carbons (Fsp3) is 0.750. The Morgan fingerprint density at radius 1 is 1.53 bits per heavy atom. The molecular weight excluding hydrogens is 248 g/mol. The largest absolute Gasteiger partial charge is 0.381 e. The Labute approximate surface area is 112 Å². The van der Waals surface area contributed by atoms with Crippen molar-refractivity contribution < 1.29 is 9.66 Å². The summed E-state index contributed by atoms with van der Waals surface area (Å²) in [4.78, 5) is 10.8. The van der Waals surface area contributed by atoms with E-state index in [1.165, 1.54) is 0 Å². The molecule has 0 amide bonds. The van der Waals surface area contributed by atoms with Gasteiger partial charge in [0.15, 0.2) is 0 Å². The Morgan fingerprint density at radius 2 is 2.21 bits per heavy atom. The molecule has 7 nitrogen and oxygen atoms in total. The zero-order chi connectivity index (χ0) is 13.8. The molecule has 1 N–H and O–H groups in total. The van der Waals surface area contributed by atoms with E-state index in [2.05, 4.69) is 10.4 Å². The summed E-state index contributed by atoms with van der Waals surface area (Å²) in [5.41, 5.74) is 0.563. The first-order valence-corrected chi connectivity index (χ1v) is 6.69. The van der Waals surface area contributed by atoms with Gasteiger partial charge < -0.3 is 10.1 Å². The number of nitro groups is 1. The van der Waals surface area contributed by atoms with E-state index in [0.717, 1.165) is 19.3 Å². The van der Waals surface area contributed by atoms with E-state index in [1.54, 1.807) is 11.6 Å². The molecule has 1 saturated heterocycles. The van der Waals surface area contributed by atoms with E-state index in [0.29, 0.717) is 31.3 Å². The second-order valence-electron chi connectivity index (χ2n) is 4.79. The van der Waals surface area contributed by atoms with Crippen molar-refractivity contribution in [1.29, 1.82) is 0 Å². The maximum absolute atomic E-state index is 11.2. The molecular formula is C12H20N4O3. The molecule has 19 heavy (non-hydrogen) atoms. The van der Waals surface area contributed by atoms with Crippen LogP contribution in [0.25, 0.3) is 0 Å². The van der Waals surface area contributed by atoms with Crippen LogP contribution in [0, 0.1) is 17.0 Å². The lowest BCUT2D eigenvalue weighted by Gasteiger charge is -2.23. The van der Waals surface area contributed by atoms with E-state index >= 15 is 0 Å². The van der Waals surface area contributed by atoms with Crippen LogP contribution in [-0.4, -0.2) is 34.0 Å². The second kappa shape index (κ2) is 6.01. The summed E-state index contributed by atoms with van der Waals surface area (Å²) in [6.07, 6.45) is 2.63. The lowest BCUT2D eigenvalue weighted by molar-refractivity contribution is -0.384. The molecule has 1 fully saturated rings. The van der Waals surface area contributed by atoms with Crippen LogP contribution in [0.1, 0.15) is 31.9 Å². The molecule has 1 aromatic heterocycles. The molecule has 0 spiro atoms. The lowest BCUT2D eigenvalue weighted by Crippen LogP contribution is -2.29. The van der Waals surface area contributed by atoms with Gasteiger partial charge >= 0.3 is 5.69 Å². The molecule has 7 heteroatoms. The molecule has 0 bridgehead atoms. The van der Waals surface area contributed by atoms with Gasteiger partial charge in [0.05, 0.1) is 4.92 Å². The van der Waals surface area contributed by atoms with Crippen LogP contribution in [0.15, 0.2) is 0 Å². The molecule has 1 aromatic rings. The van der Waals surface area contributed by atoms with E-state index in [-0.39, 0.29) is 16.7 Å². The number of hydrogen-bond acceptors (Lipinski definition) is 5. The average Bonchev–Trinajstić information content (AvgIpc) is 2.67. The minimum atomic E-state index is -0.351. The summed E-state index contributed by atoms with van der Waals surface area (Å²) < 4.78 is 7.01. The van der Waals surface area contributed by atoms with Crippen molar-refractivity contribution >= 4 is 11.5 Å². The van der Waals surface area contributed by atoms with Crippen LogP contribution < -0.4 is 5.32 Å². The molecule has 0 saturated carbocycles. The lowest BCUT2D eigenvalue weighted by atomic mass is 10.1. The van der Waals surface area contributed by atoms with Crippen molar-refractivity contribution in [1.82, 2.24) is 9.78 Å². The fourth-order valence-corrected chi connectivity index (χ4v) is 2.34. The number of hydrogen-bond donors (Lipinski definition) is 1. The summed E-state index contributed by atoms with van der Waals surface area (Å²) in [6.45, 7) is 5.79. The highest BCUT2D eigenvalue weighted by Crippen LogP contribution is 2.30. The number of rotatable bonds is 5. The topological polar surface area (TPSA) is 82.2 Å². The number of nitrogens with one attached hydrogen (secondary N) is 1. The third-order valence-electron chi connectivity index (χ3n) is 3.28. The van der Waals surface area contributed by atoms with Crippen molar-refractivity contribution in [3.05, 3.63) is 15.8 Å². The molecule has 1 aliphatic rings. The second-order valence-corrected chi connectivity index (χ2v) is 4.79. The highest BCUT2D eigenvalue weighted by Gasteiger charge is 2.27. The normalized spacial score (nSPS) is 16.5. The van der Waals surface area contributed by atoms with Crippen molar-refractivity contribution in [2.75, 3.05) is 18.5 Å². The van der Waals surface area contributed by atoms with Gasteiger partial charge in [0.25, 0.3) is 0 Å². The molecule has 0 aromatic carbocycles. The van der Waals surface area contributed by atoms with Gasteiger partial charge in [-0.25, -0.2) is 4.68 Å². The molecule has 2 heterocycles. The molecule has 106 valence electrons. The Morgan fingerprint density at radius 3 is 2.79 bits per heavy atom. The summed E-state index contributed by atoms with van der Waals surface area (Å²) in [5.74, 6) is 0.538. The van der Waals surface area contributed by atoms with E-state index < -0.39 is 0 Å². The summed E-state index contributed by atoms with van der Waals surface area (Å²) >= 11 is 0. The third-order valence-corrected chi connectivity index (χ3v) is 3.28. The number of nitrogens with zero attached hydrogens (tertiary/aromatic N) is 3. The smallest absolute Gasteiger partial charge is 0.333 e. The average molecular weight is 268 g/mol. The molecule has 0 radical (unpaired) electrons. The minimum Gasteiger partial charge on any atom is -0.381 e. The van der Waals surface area contributed by atoms with E-state index in [1.807, 2.05) is 6.92 Å². The maximum atomic E-state index is 11.2. The standard InChI is InChI=1S/C12H20N4O3/c1-3-6-15-12(11(16(17)18)9(2)14-15)13-10-4-7-19-8-5-10/h10,13H,3-8H2,1-2H3. The first-order valence-electron chi connectivity index (χ1n) is 6.69. The van der Waals surface area contributed by atoms with Crippen LogP contribution in [-0.2, 0) is 11.3 Å². The van der Waals surface area contributed by atoms with Gasteiger partial charge in [0, 0.05) is 25.8 Å². The predicted octanol–water partition coefficient (Wildman–Crippen LogP) is 2.10. The number of aryl methyl sites for hydroxylation is 2. The zero-order valence-electron chi connectivity index (χ0n) is 11.4. The van der Waals surface area contributed by atoms with Gasteiger partial charge in [-0.05, 0) is 26.2 Å². The van der Waals surface area contributed by atoms with Crippen molar-refractivity contribution in [3.8, 4) is 0 Å². The number of ether oxygens (including phenoxy) is 1. The van der Waals surface area contributed by atoms with Crippen LogP contribution in [0.3, 0.4) is 0 Å². The number of anilines is 1. The molecule has 2 rings (SSSR count). The van der Waals surface area contributed by atoms with Gasteiger partial charge in [-0.2, -0.15) is 5.10 Å². The van der Waals surface area contributed by atoms with Crippen molar-refractivity contribution in [3.63, 3.8) is 0 Å². The van der Waals surface area contributed by atoms with Crippen LogP contribution in [0.2, 0.25) is 0 Å². The van der Waals surface area contributed by atoms with Gasteiger partial charge in [-0.1, -0.05) is 6.92 Å². The minimum absolute atomic E-state index is 0.0972. The van der Waals surface area contributed by atoms with E-state index in [9.17, 15) is 10.1 Å². The van der Waals surface area contributed by atoms with Crippen LogP contribution in [0.5, 0.6) is 0 Å². The summed E-state index contributed by atoms with van der Waals surface area (Å²) in [7, 11) is 0. The maximum Gasteiger partial charge on any atom is 0.333 e. The Kier molecular flexibility index (Phi) is 4.36. The van der Waals surface area contributed by atoms with E-state index in [4.69, 9.17) is 4.74 Å². The van der Waals surface area contributed by atoms with Crippen LogP contribution in [0.4, 0.5) is 11.5 Å². The summed E-state index contributed by atoms with van der Waals surface area (Å²) in [5, 5.41) is 18.7. The highest BCUT2D eigenvalue weighted by molar-refractivity contribution is 5.60. The Bertz CT molecular complexity index is 452. The monoisotopic (exact) mass is 268 g/mol. The highest BCUT2D eigenvalue weighted by atomic mass is 16.6. The van der Waals surface area contributed by atoms with Gasteiger partial charge in [-0.3, -0.25) is 10.1 Å². The number of aromatic nitrogens is 2. The van der Waals surface area contributed by atoms with Crippen LogP contribution >= 0.6 is 0 Å². The predicted molar refractivity (Wildman–Crippen MR) is 71.4 cm³/mol. The third kappa shape index (κ3) is 3.04. The first-order chi connectivity index (χ1) is 9.13. The summed E-state index contributed by atoms with van der Waals surface area (Å²) in [6, 6.07) is 0.221. The van der Waals surface area contributed by atoms with Gasteiger partial charge in [0.1, 0.15) is 5.69 Å². The Balaban J connectivity index is 2.26.